The van der Waals surface area contributed by atoms with E-state index in [4.69, 9.17) is 10.5 Å². The third-order valence-corrected chi connectivity index (χ3v) is 3.02. The van der Waals surface area contributed by atoms with Crippen molar-refractivity contribution in [2.24, 2.45) is 5.73 Å². The molecule has 1 fully saturated rings. The molecule has 1 aliphatic heterocycles. The molecule has 1 saturated heterocycles. The Balaban J connectivity index is 2.16. The van der Waals surface area contributed by atoms with E-state index in [9.17, 15) is 4.79 Å². The average molecular weight is 257 g/mol. The highest BCUT2D eigenvalue weighted by molar-refractivity contribution is 5.84. The molecule has 0 radical (unpaired) electrons. The van der Waals surface area contributed by atoms with Crippen LogP contribution in [0.25, 0.3) is 0 Å². The second-order valence-corrected chi connectivity index (χ2v) is 5.85. The van der Waals surface area contributed by atoms with E-state index in [1.54, 1.807) is 13.8 Å². The number of hydrogen-bond acceptors (Lipinski definition) is 4. The summed E-state index contributed by atoms with van der Waals surface area (Å²) < 4.78 is 5.68. The molecule has 0 saturated carbocycles. The molecule has 1 aliphatic rings. The molecule has 0 bridgehead atoms. The van der Waals surface area contributed by atoms with Crippen molar-refractivity contribution in [2.45, 2.75) is 51.9 Å². The monoisotopic (exact) mass is 257 g/mol. The summed E-state index contributed by atoms with van der Waals surface area (Å²) in [4.78, 5) is 13.9. The number of carbonyl (C=O) groups excluding carboxylic acids is 1. The summed E-state index contributed by atoms with van der Waals surface area (Å²) in [6, 6.07) is 0. The van der Waals surface area contributed by atoms with Crippen LogP contribution in [0.1, 0.15) is 34.1 Å². The first-order valence-corrected chi connectivity index (χ1v) is 6.74. The van der Waals surface area contributed by atoms with Gasteiger partial charge in [0.2, 0.25) is 5.91 Å². The molecule has 3 N–H and O–H groups in total. The lowest BCUT2D eigenvalue weighted by molar-refractivity contribution is -0.125. The lowest BCUT2D eigenvalue weighted by atomic mass is 10.1. The molecule has 2 unspecified atom stereocenters. The van der Waals surface area contributed by atoms with Crippen LogP contribution in [0.5, 0.6) is 0 Å². The zero-order valence-corrected chi connectivity index (χ0v) is 12.0. The summed E-state index contributed by atoms with van der Waals surface area (Å²) in [5.41, 5.74) is 4.91. The number of nitrogens with one attached hydrogen (secondary N) is 1. The second kappa shape index (κ2) is 6.50. The Hall–Kier alpha value is -0.650. The van der Waals surface area contributed by atoms with Crippen molar-refractivity contribution in [1.29, 1.82) is 0 Å². The number of carbonyl (C=O) groups is 1. The summed E-state index contributed by atoms with van der Waals surface area (Å²) >= 11 is 0. The van der Waals surface area contributed by atoms with Gasteiger partial charge in [0.25, 0.3) is 0 Å². The number of hydrogen-bond donors (Lipinski definition) is 2. The minimum atomic E-state index is -0.790. The predicted octanol–water partition coefficient (Wildman–Crippen LogP) is 0.339. The van der Waals surface area contributed by atoms with Crippen LogP contribution in [-0.4, -0.2) is 54.7 Å². The van der Waals surface area contributed by atoms with Gasteiger partial charge in [0.05, 0.1) is 17.7 Å². The highest BCUT2D eigenvalue weighted by Crippen LogP contribution is 2.10. The Morgan fingerprint density at radius 2 is 1.94 bits per heavy atom. The van der Waals surface area contributed by atoms with Gasteiger partial charge >= 0.3 is 0 Å². The fraction of sp³-hybridized carbons (Fsp3) is 0.923. The first-order chi connectivity index (χ1) is 8.29. The average Bonchev–Trinajstić information content (AvgIpc) is 2.21. The van der Waals surface area contributed by atoms with Gasteiger partial charge in [-0.25, -0.2) is 0 Å². The zero-order chi connectivity index (χ0) is 13.8. The van der Waals surface area contributed by atoms with Crippen molar-refractivity contribution < 1.29 is 9.53 Å². The van der Waals surface area contributed by atoms with Crippen molar-refractivity contribution in [1.82, 2.24) is 10.2 Å². The van der Waals surface area contributed by atoms with Gasteiger partial charge in [-0.2, -0.15) is 0 Å². The Kier molecular flexibility index (Phi) is 5.56. The van der Waals surface area contributed by atoms with E-state index in [0.717, 1.165) is 26.1 Å². The maximum Gasteiger partial charge on any atom is 0.239 e. The molecule has 0 aromatic heterocycles. The van der Waals surface area contributed by atoms with Crippen molar-refractivity contribution in [2.75, 3.05) is 26.2 Å². The van der Waals surface area contributed by atoms with Crippen LogP contribution >= 0.6 is 0 Å². The van der Waals surface area contributed by atoms with E-state index < -0.39 is 5.54 Å². The molecule has 5 heteroatoms. The van der Waals surface area contributed by atoms with Gasteiger partial charge in [-0.3, -0.25) is 9.69 Å². The first kappa shape index (κ1) is 15.4. The molecule has 1 amide bonds. The van der Waals surface area contributed by atoms with E-state index >= 15 is 0 Å². The Bertz CT molecular complexity index is 266. The van der Waals surface area contributed by atoms with Gasteiger partial charge < -0.3 is 15.8 Å². The number of ether oxygens (including phenoxy) is 1. The molecule has 0 aromatic rings. The standard InChI is InChI=1S/C13H27N3O2/c1-10-8-16(9-11(2)18-10)7-5-6-15-12(17)13(3,4)14/h10-11H,5-9,14H2,1-4H3,(H,15,17). The first-order valence-electron chi connectivity index (χ1n) is 6.74. The second-order valence-electron chi connectivity index (χ2n) is 5.85. The van der Waals surface area contributed by atoms with E-state index in [1.165, 1.54) is 0 Å². The van der Waals surface area contributed by atoms with Crippen LogP contribution in [-0.2, 0) is 9.53 Å². The molecule has 0 spiro atoms. The largest absolute Gasteiger partial charge is 0.373 e. The number of nitrogens with zero attached hydrogens (tertiary/aromatic N) is 1. The highest BCUT2D eigenvalue weighted by Gasteiger charge is 2.23. The number of nitrogens with two attached hydrogens (primary N) is 1. The molecule has 1 heterocycles. The van der Waals surface area contributed by atoms with Crippen molar-refractivity contribution in [3.63, 3.8) is 0 Å². The molecule has 18 heavy (non-hydrogen) atoms. The lowest BCUT2D eigenvalue weighted by Crippen LogP contribution is -2.50. The molecule has 0 aromatic carbocycles. The molecule has 106 valence electrons. The lowest BCUT2D eigenvalue weighted by Gasteiger charge is -2.35. The summed E-state index contributed by atoms with van der Waals surface area (Å²) in [6.07, 6.45) is 1.54. The zero-order valence-electron chi connectivity index (χ0n) is 12.0. The number of amides is 1. The van der Waals surface area contributed by atoms with Crippen molar-refractivity contribution >= 4 is 5.91 Å². The minimum absolute atomic E-state index is 0.0915. The van der Waals surface area contributed by atoms with Gasteiger partial charge in [0.15, 0.2) is 0 Å². The number of rotatable bonds is 5. The topological polar surface area (TPSA) is 67.6 Å². The van der Waals surface area contributed by atoms with E-state index in [-0.39, 0.29) is 5.91 Å². The van der Waals surface area contributed by atoms with Crippen LogP contribution in [0.2, 0.25) is 0 Å². The van der Waals surface area contributed by atoms with Crippen molar-refractivity contribution in [3.05, 3.63) is 0 Å². The van der Waals surface area contributed by atoms with Crippen LogP contribution in [0.15, 0.2) is 0 Å². The van der Waals surface area contributed by atoms with E-state index in [0.29, 0.717) is 18.8 Å². The fourth-order valence-electron chi connectivity index (χ4n) is 2.20. The predicted molar refractivity (Wildman–Crippen MR) is 72.3 cm³/mol. The number of morpholine rings is 1. The van der Waals surface area contributed by atoms with E-state index in [2.05, 4.69) is 24.1 Å². The SMILES string of the molecule is CC1CN(CCCNC(=O)C(C)(C)N)CC(C)O1. The third-order valence-electron chi connectivity index (χ3n) is 3.02. The van der Waals surface area contributed by atoms with Crippen LogP contribution in [0.3, 0.4) is 0 Å². The molecule has 5 nitrogen and oxygen atoms in total. The quantitative estimate of drug-likeness (QED) is 0.697. The van der Waals surface area contributed by atoms with Gasteiger partial charge in [-0.05, 0) is 34.1 Å². The van der Waals surface area contributed by atoms with E-state index in [1.807, 2.05) is 0 Å². The Morgan fingerprint density at radius 1 is 1.39 bits per heavy atom. The fourth-order valence-corrected chi connectivity index (χ4v) is 2.20. The normalized spacial score (nSPS) is 26.1. The van der Waals surface area contributed by atoms with Gasteiger partial charge in [0, 0.05) is 26.2 Å². The third kappa shape index (κ3) is 5.33. The summed E-state index contributed by atoms with van der Waals surface area (Å²) in [7, 11) is 0. The maximum atomic E-state index is 11.6. The molecule has 2 atom stereocenters. The molecular formula is C13H27N3O2. The highest BCUT2D eigenvalue weighted by atomic mass is 16.5. The van der Waals surface area contributed by atoms with Crippen LogP contribution in [0.4, 0.5) is 0 Å². The molecule has 1 rings (SSSR count). The molecular weight excluding hydrogens is 230 g/mol. The Labute approximate surface area is 110 Å². The van der Waals surface area contributed by atoms with Crippen LogP contribution < -0.4 is 11.1 Å². The minimum Gasteiger partial charge on any atom is -0.373 e. The Morgan fingerprint density at radius 3 is 2.44 bits per heavy atom. The van der Waals surface area contributed by atoms with Crippen LogP contribution in [0, 0.1) is 0 Å². The smallest absolute Gasteiger partial charge is 0.239 e. The summed E-state index contributed by atoms with van der Waals surface area (Å²) in [5, 5.41) is 2.86. The van der Waals surface area contributed by atoms with Crippen molar-refractivity contribution in [3.8, 4) is 0 Å². The van der Waals surface area contributed by atoms with Gasteiger partial charge in [-0.1, -0.05) is 0 Å². The molecule has 0 aliphatic carbocycles. The summed E-state index contributed by atoms with van der Waals surface area (Å²) in [6.45, 7) is 11.2. The summed E-state index contributed by atoms with van der Waals surface area (Å²) in [5.74, 6) is -0.0915. The van der Waals surface area contributed by atoms with Gasteiger partial charge in [-0.15, -0.1) is 0 Å². The van der Waals surface area contributed by atoms with Gasteiger partial charge in [0.1, 0.15) is 0 Å². The maximum absolute atomic E-state index is 11.6.